The number of aliphatic hydroxyl groups excluding tert-OH is 3. The number of hydrogen-bond donors (Lipinski definition) is 3. The van der Waals surface area contributed by atoms with Gasteiger partial charge in [0.05, 0.1) is 6.10 Å². The average Bonchev–Trinajstić information content (AvgIpc) is 2.46. The topological polar surface area (TPSA) is 79.2 Å². The van der Waals surface area contributed by atoms with Crippen molar-refractivity contribution in [3.63, 3.8) is 0 Å². The van der Waals surface area contributed by atoms with Gasteiger partial charge in [-0.05, 0) is 12.8 Å². The average molecular weight is 290 g/mol. The van der Waals surface area contributed by atoms with Crippen molar-refractivity contribution in [2.75, 3.05) is 6.61 Å². The fourth-order valence-electron chi connectivity index (χ4n) is 2.47. The Morgan fingerprint density at radius 3 is 2.15 bits per heavy atom. The Bertz CT molecular complexity index is 246. The van der Waals surface area contributed by atoms with E-state index in [1.54, 1.807) is 0 Å². The summed E-state index contributed by atoms with van der Waals surface area (Å²) in [4.78, 5) is 0. The Kier molecular flexibility index (Phi) is 8.64. The van der Waals surface area contributed by atoms with E-state index >= 15 is 0 Å². The number of unbranched alkanes of at least 4 members (excludes halogenated alkanes) is 5. The zero-order chi connectivity index (χ0) is 15.0. The van der Waals surface area contributed by atoms with Crippen molar-refractivity contribution in [3.05, 3.63) is 0 Å². The highest BCUT2D eigenvalue weighted by atomic mass is 16.7. The number of ether oxygens (including phenoxy) is 2. The zero-order valence-electron chi connectivity index (χ0n) is 12.7. The third-order valence-electron chi connectivity index (χ3n) is 3.85. The summed E-state index contributed by atoms with van der Waals surface area (Å²) in [5.41, 5.74) is 0. The van der Waals surface area contributed by atoms with E-state index in [1.807, 2.05) is 6.92 Å². The molecule has 0 spiro atoms. The molecule has 1 rings (SSSR count). The first-order valence-electron chi connectivity index (χ1n) is 7.93. The summed E-state index contributed by atoms with van der Waals surface area (Å²) in [5, 5.41) is 29.3. The van der Waals surface area contributed by atoms with E-state index in [0.717, 1.165) is 12.8 Å². The van der Waals surface area contributed by atoms with E-state index in [0.29, 0.717) is 13.0 Å². The summed E-state index contributed by atoms with van der Waals surface area (Å²) in [5.74, 6) is 0. The molecule has 1 saturated heterocycles. The van der Waals surface area contributed by atoms with Crippen LogP contribution in [0.15, 0.2) is 0 Å². The standard InChI is InChI=1S/C15H30O5/c1-3-5-6-7-8-9-10-19-15-14(18)13(17)12(16)11(4-2)20-15/h11-18H,3-10H2,1-2H3/t11-,12-,13+,14-,15-/m1/s1. The molecule has 0 aromatic heterocycles. The predicted molar refractivity (Wildman–Crippen MR) is 76.3 cm³/mol. The molecule has 1 heterocycles. The van der Waals surface area contributed by atoms with Crippen LogP contribution in [-0.4, -0.2) is 52.6 Å². The Morgan fingerprint density at radius 1 is 0.850 bits per heavy atom. The van der Waals surface area contributed by atoms with Crippen LogP contribution in [0.3, 0.4) is 0 Å². The molecule has 0 amide bonds. The van der Waals surface area contributed by atoms with Crippen LogP contribution in [0.2, 0.25) is 0 Å². The summed E-state index contributed by atoms with van der Waals surface area (Å²) in [6.07, 6.45) is 2.78. The van der Waals surface area contributed by atoms with Crippen LogP contribution in [0.5, 0.6) is 0 Å². The van der Waals surface area contributed by atoms with E-state index < -0.39 is 30.7 Å². The lowest BCUT2D eigenvalue weighted by Crippen LogP contribution is -2.58. The molecule has 0 unspecified atom stereocenters. The quantitative estimate of drug-likeness (QED) is 0.562. The molecule has 120 valence electrons. The molecule has 5 nitrogen and oxygen atoms in total. The lowest BCUT2D eigenvalue weighted by atomic mass is 9.97. The summed E-state index contributed by atoms with van der Waals surface area (Å²) in [6.45, 7) is 4.56. The van der Waals surface area contributed by atoms with Gasteiger partial charge in [0.25, 0.3) is 0 Å². The van der Waals surface area contributed by atoms with Gasteiger partial charge < -0.3 is 24.8 Å². The maximum Gasteiger partial charge on any atom is 0.186 e. The number of aliphatic hydroxyl groups is 3. The normalized spacial score (nSPS) is 34.4. The second-order valence-electron chi connectivity index (χ2n) is 5.56. The van der Waals surface area contributed by atoms with Crippen molar-refractivity contribution in [1.82, 2.24) is 0 Å². The highest BCUT2D eigenvalue weighted by molar-refractivity contribution is 4.88. The van der Waals surface area contributed by atoms with Crippen LogP contribution in [0, 0.1) is 0 Å². The number of hydrogen-bond acceptors (Lipinski definition) is 5. The second kappa shape index (κ2) is 9.68. The largest absolute Gasteiger partial charge is 0.388 e. The minimum absolute atomic E-state index is 0.483. The van der Waals surface area contributed by atoms with Crippen molar-refractivity contribution < 1.29 is 24.8 Å². The van der Waals surface area contributed by atoms with Gasteiger partial charge in [0.15, 0.2) is 6.29 Å². The molecule has 5 heteroatoms. The molecule has 1 fully saturated rings. The van der Waals surface area contributed by atoms with Crippen molar-refractivity contribution in [1.29, 1.82) is 0 Å². The summed E-state index contributed by atoms with van der Waals surface area (Å²) in [6, 6.07) is 0. The first-order valence-corrected chi connectivity index (χ1v) is 7.93. The lowest BCUT2D eigenvalue weighted by molar-refractivity contribution is -0.297. The highest BCUT2D eigenvalue weighted by Crippen LogP contribution is 2.24. The first kappa shape index (κ1) is 17.9. The predicted octanol–water partition coefficient (Wildman–Crippen LogP) is 1.58. The number of rotatable bonds is 9. The van der Waals surface area contributed by atoms with Gasteiger partial charge in [-0.15, -0.1) is 0 Å². The minimum atomic E-state index is -1.21. The van der Waals surface area contributed by atoms with Crippen LogP contribution in [0.25, 0.3) is 0 Å². The first-order chi connectivity index (χ1) is 9.61. The molecule has 1 aliphatic rings. The lowest BCUT2D eigenvalue weighted by Gasteiger charge is -2.40. The third-order valence-corrected chi connectivity index (χ3v) is 3.85. The van der Waals surface area contributed by atoms with E-state index in [2.05, 4.69) is 6.92 Å². The van der Waals surface area contributed by atoms with E-state index in [-0.39, 0.29) is 0 Å². The fraction of sp³-hybridized carbons (Fsp3) is 1.00. The Morgan fingerprint density at radius 2 is 1.50 bits per heavy atom. The van der Waals surface area contributed by atoms with E-state index in [4.69, 9.17) is 9.47 Å². The van der Waals surface area contributed by atoms with Gasteiger partial charge in [-0.3, -0.25) is 0 Å². The molecule has 0 radical (unpaired) electrons. The second-order valence-corrected chi connectivity index (χ2v) is 5.56. The smallest absolute Gasteiger partial charge is 0.186 e. The van der Waals surface area contributed by atoms with Gasteiger partial charge in [-0.25, -0.2) is 0 Å². The van der Waals surface area contributed by atoms with Crippen LogP contribution in [0.4, 0.5) is 0 Å². The van der Waals surface area contributed by atoms with Gasteiger partial charge in [-0.1, -0.05) is 46.0 Å². The van der Waals surface area contributed by atoms with E-state index in [9.17, 15) is 15.3 Å². The van der Waals surface area contributed by atoms with Crippen LogP contribution in [-0.2, 0) is 9.47 Å². The minimum Gasteiger partial charge on any atom is -0.388 e. The van der Waals surface area contributed by atoms with Crippen molar-refractivity contribution in [3.8, 4) is 0 Å². The van der Waals surface area contributed by atoms with Gasteiger partial charge in [0.2, 0.25) is 0 Å². The molecule has 20 heavy (non-hydrogen) atoms. The zero-order valence-corrected chi connectivity index (χ0v) is 12.7. The summed E-state index contributed by atoms with van der Waals surface area (Å²) in [7, 11) is 0. The fourth-order valence-corrected chi connectivity index (χ4v) is 2.47. The molecular weight excluding hydrogens is 260 g/mol. The van der Waals surface area contributed by atoms with Gasteiger partial charge in [0.1, 0.15) is 18.3 Å². The molecule has 0 bridgehead atoms. The molecule has 3 N–H and O–H groups in total. The van der Waals surface area contributed by atoms with Crippen LogP contribution >= 0.6 is 0 Å². The molecule has 0 aromatic carbocycles. The van der Waals surface area contributed by atoms with Crippen molar-refractivity contribution in [2.24, 2.45) is 0 Å². The van der Waals surface area contributed by atoms with Crippen molar-refractivity contribution in [2.45, 2.75) is 89.5 Å². The SMILES string of the molecule is CCCCCCCCO[C@@H]1O[C@H](CC)[C@@H](O)[C@H](O)[C@H]1O. The maximum absolute atomic E-state index is 9.83. The molecule has 5 atom stereocenters. The van der Waals surface area contributed by atoms with Crippen LogP contribution < -0.4 is 0 Å². The Labute approximate surface area is 121 Å². The Balaban J connectivity index is 2.21. The molecule has 0 aromatic rings. The highest BCUT2D eigenvalue weighted by Gasteiger charge is 2.43. The molecule has 0 saturated carbocycles. The monoisotopic (exact) mass is 290 g/mol. The summed E-state index contributed by atoms with van der Waals surface area (Å²) < 4.78 is 11.0. The van der Waals surface area contributed by atoms with Gasteiger partial charge >= 0.3 is 0 Å². The third kappa shape index (κ3) is 5.30. The molecule has 0 aliphatic carbocycles. The molecular formula is C15H30O5. The van der Waals surface area contributed by atoms with Gasteiger partial charge in [0, 0.05) is 6.61 Å². The Hall–Kier alpha value is -0.200. The summed E-state index contributed by atoms with van der Waals surface area (Å²) >= 11 is 0. The molecule has 1 aliphatic heterocycles. The van der Waals surface area contributed by atoms with Gasteiger partial charge in [-0.2, -0.15) is 0 Å². The maximum atomic E-state index is 9.83. The van der Waals surface area contributed by atoms with Crippen LogP contribution in [0.1, 0.15) is 58.8 Å². The van der Waals surface area contributed by atoms with E-state index in [1.165, 1.54) is 25.7 Å². The van der Waals surface area contributed by atoms with Crippen molar-refractivity contribution >= 4 is 0 Å².